The van der Waals surface area contributed by atoms with Crippen molar-refractivity contribution in [2.24, 2.45) is 0 Å². The van der Waals surface area contributed by atoms with E-state index in [2.05, 4.69) is 79.9 Å². The molecular weight excluding hydrogens is 769 g/mol. The van der Waals surface area contributed by atoms with Crippen molar-refractivity contribution in [3.8, 4) is 0 Å². The minimum Gasteiger partial charge on any atom is -0.480 e. The molecule has 0 aliphatic rings. The third-order valence-electron chi connectivity index (χ3n) is 9.53. The summed E-state index contributed by atoms with van der Waals surface area (Å²) in [6, 6.07) is -1.55. The first-order valence-electron chi connectivity index (χ1n) is 22.8. The van der Waals surface area contributed by atoms with Gasteiger partial charge < -0.3 is 25.2 Å². The molecule has 0 bridgehead atoms. The molecule has 340 valence electrons. The highest BCUT2D eigenvalue weighted by molar-refractivity contribution is 7.47. The van der Waals surface area contributed by atoms with Gasteiger partial charge in [0.2, 0.25) is 5.91 Å². The van der Waals surface area contributed by atoms with Gasteiger partial charge in [0.15, 0.2) is 6.04 Å². The lowest BCUT2D eigenvalue weighted by Gasteiger charge is -2.18. The first-order valence-corrected chi connectivity index (χ1v) is 24.3. The monoisotopic (exact) mass is 852 g/mol. The lowest BCUT2D eigenvalue weighted by atomic mass is 10.1. The van der Waals surface area contributed by atoms with Crippen LogP contribution in [0.2, 0.25) is 0 Å². The molecule has 0 spiro atoms. The van der Waals surface area contributed by atoms with E-state index in [1.165, 1.54) is 57.8 Å². The molecule has 0 aromatic carbocycles. The topological polar surface area (TPSA) is 169 Å². The van der Waals surface area contributed by atoms with Gasteiger partial charge in [0.1, 0.15) is 12.7 Å². The Bertz CT molecular complexity index is 1230. The van der Waals surface area contributed by atoms with Crippen molar-refractivity contribution in [1.29, 1.82) is 0 Å². The van der Waals surface area contributed by atoms with Gasteiger partial charge in [-0.1, -0.05) is 152 Å². The van der Waals surface area contributed by atoms with Gasteiger partial charge in [-0.3, -0.25) is 18.6 Å². The van der Waals surface area contributed by atoms with Gasteiger partial charge in [0.05, 0.1) is 13.2 Å². The van der Waals surface area contributed by atoms with E-state index in [1.54, 1.807) is 0 Å². The number of phosphoric acid groups is 1. The van der Waals surface area contributed by atoms with Crippen LogP contribution in [0.4, 0.5) is 0 Å². The van der Waals surface area contributed by atoms with Gasteiger partial charge in [-0.05, 0) is 83.5 Å². The summed E-state index contributed by atoms with van der Waals surface area (Å²) in [6.45, 7) is 2.52. The maximum absolute atomic E-state index is 12.3. The zero-order valence-corrected chi connectivity index (χ0v) is 37.7. The molecule has 0 saturated heterocycles. The van der Waals surface area contributed by atoms with Crippen LogP contribution in [0, 0.1) is 0 Å². The van der Waals surface area contributed by atoms with Crippen LogP contribution < -0.4 is 5.32 Å². The van der Waals surface area contributed by atoms with E-state index in [0.29, 0.717) is 12.8 Å². The Morgan fingerprint density at radius 2 is 0.932 bits per heavy atom. The average molecular weight is 852 g/mol. The highest BCUT2D eigenvalue weighted by Gasteiger charge is 2.28. The summed E-state index contributed by atoms with van der Waals surface area (Å²) in [5, 5.41) is 21.8. The number of hydrogen-bond donors (Lipinski definition) is 4. The predicted octanol–water partition coefficient (Wildman–Crippen LogP) is 11.9. The zero-order valence-electron chi connectivity index (χ0n) is 36.8. The molecule has 0 heterocycles. The minimum absolute atomic E-state index is 0.132. The molecule has 1 amide bonds. The van der Waals surface area contributed by atoms with E-state index in [1.807, 2.05) is 0 Å². The highest BCUT2D eigenvalue weighted by atomic mass is 31.2. The molecule has 11 nitrogen and oxygen atoms in total. The van der Waals surface area contributed by atoms with E-state index in [9.17, 15) is 34.1 Å². The van der Waals surface area contributed by atoms with Gasteiger partial charge >= 0.3 is 19.8 Å². The second-order valence-corrected chi connectivity index (χ2v) is 16.7. The van der Waals surface area contributed by atoms with E-state index in [0.717, 1.165) is 89.9 Å². The normalized spacial score (nSPS) is 14.2. The number of aliphatic hydroxyl groups is 1. The molecule has 3 unspecified atom stereocenters. The van der Waals surface area contributed by atoms with Gasteiger partial charge in [0.25, 0.3) is 0 Å². The molecule has 12 heteroatoms. The summed E-state index contributed by atoms with van der Waals surface area (Å²) in [5.74, 6) is -2.41. The van der Waals surface area contributed by atoms with E-state index in [4.69, 9.17) is 13.8 Å². The van der Waals surface area contributed by atoms with Crippen molar-refractivity contribution >= 4 is 25.7 Å². The lowest BCUT2D eigenvalue weighted by Crippen LogP contribution is -2.43. The summed E-state index contributed by atoms with van der Waals surface area (Å²) in [7, 11) is -4.77. The van der Waals surface area contributed by atoms with Crippen LogP contribution in [-0.4, -0.2) is 64.9 Å². The number of rotatable bonds is 42. The summed E-state index contributed by atoms with van der Waals surface area (Å²) < 4.78 is 26.8. The quantitative estimate of drug-likeness (QED) is 0.0201. The SMILES string of the molecule is CCCCC/C=C\C/C=C\C/C=C\C/C=C\CCCCCCCC(=O)OCC(O)COP(=O)(O)OCC(NC(=O)CCCCCCC/C=C\CCCCCCC)C(=O)O. The molecule has 0 aromatic rings. The molecule has 0 fully saturated rings. The van der Waals surface area contributed by atoms with Crippen molar-refractivity contribution < 1.29 is 47.8 Å². The fraction of sp³-hybridized carbons (Fsp3) is 0.723. The molecule has 0 rings (SSSR count). The maximum Gasteiger partial charge on any atom is 0.472 e. The van der Waals surface area contributed by atoms with Crippen LogP contribution in [0.1, 0.15) is 187 Å². The fourth-order valence-electron chi connectivity index (χ4n) is 5.94. The van der Waals surface area contributed by atoms with Crippen LogP contribution in [0.25, 0.3) is 0 Å². The van der Waals surface area contributed by atoms with E-state index >= 15 is 0 Å². The average Bonchev–Trinajstić information content (AvgIpc) is 3.21. The third kappa shape index (κ3) is 41.7. The number of carboxylic acids is 1. The molecule has 3 atom stereocenters. The number of carbonyl (C=O) groups excluding carboxylic acids is 2. The largest absolute Gasteiger partial charge is 0.480 e. The number of carboxylic acid groups (broad SMARTS) is 1. The maximum atomic E-state index is 12.3. The van der Waals surface area contributed by atoms with Gasteiger partial charge in [-0.2, -0.15) is 0 Å². The minimum atomic E-state index is -4.77. The number of aliphatic hydroxyl groups excluding tert-OH is 1. The first-order chi connectivity index (χ1) is 28.6. The van der Waals surface area contributed by atoms with E-state index in [-0.39, 0.29) is 12.8 Å². The van der Waals surface area contributed by atoms with Crippen molar-refractivity contribution in [2.75, 3.05) is 19.8 Å². The Balaban J connectivity index is 3.93. The van der Waals surface area contributed by atoms with E-state index < -0.39 is 57.6 Å². The van der Waals surface area contributed by atoms with Crippen molar-refractivity contribution in [2.45, 2.75) is 199 Å². The molecule has 0 radical (unpaired) electrons. The molecule has 59 heavy (non-hydrogen) atoms. The second kappa shape index (κ2) is 41.9. The number of phosphoric ester groups is 1. The number of hydrogen-bond acceptors (Lipinski definition) is 8. The predicted molar refractivity (Wildman–Crippen MR) is 240 cm³/mol. The Kier molecular flexibility index (Phi) is 39.9. The number of amides is 1. The summed E-state index contributed by atoms with van der Waals surface area (Å²) in [6.07, 6.45) is 48.1. The van der Waals surface area contributed by atoms with Crippen molar-refractivity contribution in [3.63, 3.8) is 0 Å². The summed E-state index contributed by atoms with van der Waals surface area (Å²) in [5.41, 5.74) is 0. The lowest BCUT2D eigenvalue weighted by molar-refractivity contribution is -0.147. The number of aliphatic carboxylic acids is 1. The molecule has 0 aromatic heterocycles. The standard InChI is InChI=1S/C47H82NO10P/c1-3-5-7-9-11-13-15-17-19-20-21-22-23-24-25-27-29-31-33-35-37-39-46(51)56-40-43(49)41-57-59(54,55)58-42-44(47(52)53)48-45(50)38-36-34-32-30-28-26-18-16-14-12-10-8-6-4-2/h11,13,16-19,21-22,24-25,43-44,49H,3-10,12,14-15,20,23,26-42H2,1-2H3,(H,48,50)(H,52,53)(H,54,55)/b13-11-,18-16-,19-17-,22-21-,25-24-. The van der Waals surface area contributed by atoms with Gasteiger partial charge in [0, 0.05) is 12.8 Å². The second-order valence-electron chi connectivity index (χ2n) is 15.2. The fourth-order valence-corrected chi connectivity index (χ4v) is 6.71. The smallest absolute Gasteiger partial charge is 0.472 e. The zero-order chi connectivity index (χ0) is 43.5. The molecule has 0 aliphatic carbocycles. The number of carbonyl (C=O) groups is 3. The Morgan fingerprint density at radius 1 is 0.542 bits per heavy atom. The van der Waals surface area contributed by atoms with Crippen LogP contribution in [0.3, 0.4) is 0 Å². The van der Waals surface area contributed by atoms with Crippen molar-refractivity contribution in [3.05, 3.63) is 60.8 Å². The van der Waals surface area contributed by atoms with Gasteiger partial charge in [-0.15, -0.1) is 0 Å². The number of unbranched alkanes of at least 4 members (excludes halogenated alkanes) is 18. The van der Waals surface area contributed by atoms with Crippen LogP contribution in [-0.2, 0) is 32.7 Å². The number of ether oxygens (including phenoxy) is 1. The van der Waals surface area contributed by atoms with Gasteiger partial charge in [-0.25, -0.2) is 9.36 Å². The number of esters is 1. The number of allylic oxidation sites excluding steroid dienone is 10. The first kappa shape index (κ1) is 56.2. The Hall–Kier alpha value is -2.82. The highest BCUT2D eigenvalue weighted by Crippen LogP contribution is 2.43. The van der Waals surface area contributed by atoms with Crippen LogP contribution >= 0.6 is 7.82 Å². The number of nitrogens with one attached hydrogen (secondary N) is 1. The Morgan fingerprint density at radius 3 is 1.44 bits per heavy atom. The molecule has 0 aliphatic heterocycles. The summed E-state index contributed by atoms with van der Waals surface area (Å²) in [4.78, 5) is 45.9. The molecule has 4 N–H and O–H groups in total. The molecular formula is C47H82NO10P. The van der Waals surface area contributed by atoms with Crippen LogP contribution in [0.15, 0.2) is 60.8 Å². The van der Waals surface area contributed by atoms with Crippen LogP contribution in [0.5, 0.6) is 0 Å². The summed E-state index contributed by atoms with van der Waals surface area (Å²) >= 11 is 0. The molecule has 0 saturated carbocycles. The third-order valence-corrected chi connectivity index (χ3v) is 10.5. The van der Waals surface area contributed by atoms with Crippen molar-refractivity contribution in [1.82, 2.24) is 5.32 Å². The Labute approximate surface area is 357 Å².